The lowest BCUT2D eigenvalue weighted by molar-refractivity contribution is 0.180. The van der Waals surface area contributed by atoms with Crippen molar-refractivity contribution in [2.75, 3.05) is 33.3 Å². The van der Waals surface area contributed by atoms with E-state index in [1.54, 1.807) is 0 Å². The molecule has 4 heteroatoms. The fourth-order valence-corrected chi connectivity index (χ4v) is 2.73. The van der Waals surface area contributed by atoms with Crippen molar-refractivity contribution in [3.05, 3.63) is 28.7 Å². The van der Waals surface area contributed by atoms with Crippen LogP contribution in [0.3, 0.4) is 0 Å². The Morgan fingerprint density at radius 2 is 2.05 bits per heavy atom. The Morgan fingerprint density at radius 3 is 2.84 bits per heavy atom. The van der Waals surface area contributed by atoms with E-state index in [2.05, 4.69) is 33.2 Å². The zero-order chi connectivity index (χ0) is 13.5. The number of likely N-dealkylation sites (N-methyl/N-ethyl adjacent to an activating group) is 1. The van der Waals surface area contributed by atoms with Gasteiger partial charge in [0.1, 0.15) is 12.4 Å². The first-order valence-corrected chi connectivity index (χ1v) is 7.84. The maximum atomic E-state index is 5.78. The minimum absolute atomic E-state index is 0.698. The van der Waals surface area contributed by atoms with Crippen molar-refractivity contribution in [3.8, 4) is 5.75 Å². The number of rotatable bonds is 5. The van der Waals surface area contributed by atoms with Gasteiger partial charge >= 0.3 is 0 Å². The van der Waals surface area contributed by atoms with E-state index in [4.69, 9.17) is 4.74 Å². The average Bonchev–Trinajstić information content (AvgIpc) is 2.70. The molecule has 1 atom stereocenters. The van der Waals surface area contributed by atoms with Gasteiger partial charge in [0, 0.05) is 17.1 Å². The predicted molar refractivity (Wildman–Crippen MR) is 82.8 cm³/mol. The van der Waals surface area contributed by atoms with Gasteiger partial charge in [0.15, 0.2) is 0 Å². The molecule has 1 saturated heterocycles. The third-order valence-corrected chi connectivity index (χ3v) is 4.22. The fraction of sp³-hybridized carbons (Fsp3) is 0.600. The van der Waals surface area contributed by atoms with Crippen molar-refractivity contribution >= 4 is 15.9 Å². The van der Waals surface area contributed by atoms with Gasteiger partial charge in [-0.05, 0) is 63.7 Å². The molecule has 1 fully saturated rings. The summed E-state index contributed by atoms with van der Waals surface area (Å²) in [7, 11) is 2.21. The number of halogens is 1. The third-order valence-electron chi connectivity index (χ3n) is 3.69. The summed E-state index contributed by atoms with van der Waals surface area (Å²) in [5.41, 5.74) is 0. The highest BCUT2D eigenvalue weighted by Gasteiger charge is 2.16. The van der Waals surface area contributed by atoms with Gasteiger partial charge in [-0.15, -0.1) is 0 Å². The summed E-state index contributed by atoms with van der Waals surface area (Å²) in [4.78, 5) is 2.44. The van der Waals surface area contributed by atoms with Crippen LogP contribution >= 0.6 is 15.9 Å². The van der Waals surface area contributed by atoms with Gasteiger partial charge in [-0.2, -0.15) is 0 Å². The lowest BCUT2D eigenvalue weighted by atomic mass is 10.1. The SMILES string of the molecule is CN(CCOc1ccc(Br)cc1)C1CCCNCC1. The first-order valence-electron chi connectivity index (χ1n) is 7.05. The molecule has 19 heavy (non-hydrogen) atoms. The van der Waals surface area contributed by atoms with Crippen LogP contribution in [0.4, 0.5) is 0 Å². The third kappa shape index (κ3) is 5.13. The Balaban J connectivity index is 1.70. The molecule has 1 aromatic carbocycles. The molecule has 106 valence electrons. The van der Waals surface area contributed by atoms with E-state index in [1.807, 2.05) is 24.3 Å². The zero-order valence-electron chi connectivity index (χ0n) is 11.6. The highest BCUT2D eigenvalue weighted by atomic mass is 79.9. The normalized spacial score (nSPS) is 20.3. The summed E-state index contributed by atoms with van der Waals surface area (Å²) in [6.45, 7) is 4.05. The summed E-state index contributed by atoms with van der Waals surface area (Å²) >= 11 is 3.43. The monoisotopic (exact) mass is 326 g/mol. The first-order chi connectivity index (χ1) is 9.25. The summed E-state index contributed by atoms with van der Waals surface area (Å²) in [5.74, 6) is 0.944. The smallest absolute Gasteiger partial charge is 0.119 e. The Labute approximate surface area is 124 Å². The molecule has 1 N–H and O–H groups in total. The molecule has 0 radical (unpaired) electrons. The molecule has 0 spiro atoms. The van der Waals surface area contributed by atoms with Crippen molar-refractivity contribution in [2.24, 2.45) is 0 Å². The minimum Gasteiger partial charge on any atom is -0.492 e. The molecule has 1 aliphatic heterocycles. The van der Waals surface area contributed by atoms with Gasteiger partial charge in [-0.3, -0.25) is 4.90 Å². The van der Waals surface area contributed by atoms with Gasteiger partial charge in [0.05, 0.1) is 0 Å². The lowest BCUT2D eigenvalue weighted by Gasteiger charge is -2.26. The molecule has 0 amide bonds. The Bertz CT molecular complexity index is 361. The highest BCUT2D eigenvalue weighted by Crippen LogP contribution is 2.16. The fourth-order valence-electron chi connectivity index (χ4n) is 2.46. The molecular formula is C15H23BrN2O. The van der Waals surface area contributed by atoms with Crippen LogP contribution in [-0.4, -0.2) is 44.2 Å². The number of benzene rings is 1. The molecule has 2 rings (SSSR count). The van der Waals surface area contributed by atoms with Crippen LogP contribution in [0.1, 0.15) is 19.3 Å². The predicted octanol–water partition coefficient (Wildman–Crippen LogP) is 2.90. The largest absolute Gasteiger partial charge is 0.492 e. The first kappa shape index (κ1) is 14.8. The molecule has 1 aliphatic rings. The second-order valence-electron chi connectivity index (χ2n) is 5.12. The molecular weight excluding hydrogens is 304 g/mol. The van der Waals surface area contributed by atoms with Crippen LogP contribution in [0.25, 0.3) is 0 Å². The molecule has 1 aromatic rings. The molecule has 1 unspecified atom stereocenters. The number of hydrogen-bond donors (Lipinski definition) is 1. The quantitative estimate of drug-likeness (QED) is 0.900. The van der Waals surface area contributed by atoms with Crippen LogP contribution in [0, 0.1) is 0 Å². The second kappa shape index (κ2) is 7.88. The van der Waals surface area contributed by atoms with Crippen LogP contribution in [0.2, 0.25) is 0 Å². The average molecular weight is 327 g/mol. The van der Waals surface area contributed by atoms with Crippen molar-refractivity contribution in [3.63, 3.8) is 0 Å². The maximum absolute atomic E-state index is 5.78. The van der Waals surface area contributed by atoms with Crippen molar-refractivity contribution in [1.82, 2.24) is 10.2 Å². The summed E-state index contributed by atoms with van der Waals surface area (Å²) in [5, 5.41) is 3.46. The number of hydrogen-bond acceptors (Lipinski definition) is 3. The maximum Gasteiger partial charge on any atom is 0.119 e. The van der Waals surface area contributed by atoms with Crippen LogP contribution in [0.15, 0.2) is 28.7 Å². The minimum atomic E-state index is 0.698. The molecule has 1 heterocycles. The Morgan fingerprint density at radius 1 is 1.26 bits per heavy atom. The van der Waals surface area contributed by atoms with Crippen molar-refractivity contribution in [2.45, 2.75) is 25.3 Å². The number of nitrogens with one attached hydrogen (secondary N) is 1. The lowest BCUT2D eigenvalue weighted by Crippen LogP contribution is -2.35. The molecule has 0 saturated carbocycles. The van der Waals surface area contributed by atoms with Gasteiger partial charge in [-0.25, -0.2) is 0 Å². The van der Waals surface area contributed by atoms with Crippen LogP contribution < -0.4 is 10.1 Å². The number of nitrogens with zero attached hydrogens (tertiary/aromatic N) is 1. The van der Waals surface area contributed by atoms with Crippen LogP contribution in [-0.2, 0) is 0 Å². The Hall–Kier alpha value is -0.580. The van der Waals surface area contributed by atoms with Gasteiger partial charge in [-0.1, -0.05) is 15.9 Å². The summed E-state index contributed by atoms with van der Waals surface area (Å²) in [6.07, 6.45) is 3.82. The molecule has 0 aromatic heterocycles. The summed E-state index contributed by atoms with van der Waals surface area (Å²) in [6, 6.07) is 8.72. The van der Waals surface area contributed by atoms with Gasteiger partial charge < -0.3 is 10.1 Å². The van der Waals surface area contributed by atoms with Gasteiger partial charge in [0.2, 0.25) is 0 Å². The van der Waals surface area contributed by atoms with E-state index in [9.17, 15) is 0 Å². The molecule has 0 bridgehead atoms. The zero-order valence-corrected chi connectivity index (χ0v) is 13.2. The topological polar surface area (TPSA) is 24.5 Å². The number of ether oxygens (including phenoxy) is 1. The molecule has 0 aliphatic carbocycles. The summed E-state index contributed by atoms with van der Waals surface area (Å²) < 4.78 is 6.86. The highest BCUT2D eigenvalue weighted by molar-refractivity contribution is 9.10. The Kier molecular flexibility index (Phi) is 6.14. The van der Waals surface area contributed by atoms with E-state index in [-0.39, 0.29) is 0 Å². The van der Waals surface area contributed by atoms with E-state index in [0.29, 0.717) is 6.04 Å². The van der Waals surface area contributed by atoms with E-state index in [0.717, 1.165) is 29.9 Å². The van der Waals surface area contributed by atoms with E-state index < -0.39 is 0 Å². The van der Waals surface area contributed by atoms with E-state index >= 15 is 0 Å². The second-order valence-corrected chi connectivity index (χ2v) is 6.03. The molecule has 3 nitrogen and oxygen atoms in total. The van der Waals surface area contributed by atoms with Crippen molar-refractivity contribution < 1.29 is 4.74 Å². The van der Waals surface area contributed by atoms with Crippen molar-refractivity contribution in [1.29, 1.82) is 0 Å². The van der Waals surface area contributed by atoms with E-state index in [1.165, 1.54) is 25.8 Å². The standard InChI is InChI=1S/C15H23BrN2O/c1-18(14-3-2-9-17-10-8-14)11-12-19-15-6-4-13(16)5-7-15/h4-7,14,17H,2-3,8-12H2,1H3. The van der Waals surface area contributed by atoms with Gasteiger partial charge in [0.25, 0.3) is 0 Å². The van der Waals surface area contributed by atoms with Crippen LogP contribution in [0.5, 0.6) is 5.75 Å².